The van der Waals surface area contributed by atoms with E-state index in [1.165, 1.54) is 56.2 Å². The third kappa shape index (κ3) is 2.54. The van der Waals surface area contributed by atoms with Gasteiger partial charge in [0.2, 0.25) is 0 Å². The van der Waals surface area contributed by atoms with Crippen LogP contribution < -0.4 is 0 Å². The van der Waals surface area contributed by atoms with Crippen molar-refractivity contribution in [1.29, 1.82) is 0 Å². The first-order chi connectivity index (χ1) is 15.4. The summed E-state index contributed by atoms with van der Waals surface area (Å²) in [6.07, 6.45) is 18.3. The summed E-state index contributed by atoms with van der Waals surface area (Å²) in [6, 6.07) is 8.79. The highest BCUT2D eigenvalue weighted by atomic mass is 16.3. The predicted molar refractivity (Wildman–Crippen MR) is 130 cm³/mol. The van der Waals surface area contributed by atoms with Gasteiger partial charge in [-0.2, -0.15) is 0 Å². The fourth-order valence-electron chi connectivity index (χ4n) is 9.15. The van der Waals surface area contributed by atoms with Crippen molar-refractivity contribution in [3.63, 3.8) is 0 Å². The predicted octanol–water partition coefficient (Wildman–Crippen LogP) is 7.13. The summed E-state index contributed by atoms with van der Waals surface area (Å²) in [4.78, 5) is 4.90. The third-order valence-corrected chi connectivity index (χ3v) is 11.2. The van der Waals surface area contributed by atoms with Crippen LogP contribution in [0.1, 0.15) is 83.1 Å². The first-order valence-corrected chi connectivity index (χ1v) is 13.1. The van der Waals surface area contributed by atoms with Gasteiger partial charge in [0.15, 0.2) is 0 Å². The molecule has 1 heterocycles. The molecule has 0 amide bonds. The van der Waals surface area contributed by atoms with E-state index in [1.54, 1.807) is 11.1 Å². The summed E-state index contributed by atoms with van der Waals surface area (Å²) in [5.41, 5.74) is 7.04. The Morgan fingerprint density at radius 1 is 1.00 bits per heavy atom. The lowest BCUT2D eigenvalue weighted by Gasteiger charge is -2.58. The van der Waals surface area contributed by atoms with Crippen LogP contribution in [0.15, 0.2) is 52.6 Å². The van der Waals surface area contributed by atoms with Gasteiger partial charge in [0.25, 0.3) is 0 Å². The molecule has 1 N–H and O–H groups in total. The van der Waals surface area contributed by atoms with Gasteiger partial charge in [0, 0.05) is 11.6 Å². The van der Waals surface area contributed by atoms with Crippen molar-refractivity contribution in [3.05, 3.63) is 53.1 Å². The first-order valence-electron chi connectivity index (χ1n) is 13.1. The molecule has 32 heavy (non-hydrogen) atoms. The molecule has 1 aromatic rings. The van der Waals surface area contributed by atoms with E-state index in [9.17, 15) is 5.11 Å². The molecule has 6 aliphatic rings. The largest absolute Gasteiger partial charge is 0.393 e. The normalized spacial score (nSPS) is 47.9. The fraction of sp³-hybridized carbons (Fsp3) is 0.633. The second-order valence-electron chi connectivity index (χ2n) is 12.6. The average molecular weight is 428 g/mol. The van der Waals surface area contributed by atoms with Crippen LogP contribution in [0.3, 0.4) is 0 Å². The molecule has 5 unspecified atom stereocenters. The molecule has 1 aromatic carbocycles. The number of hydrogen-bond donors (Lipinski definition) is 1. The van der Waals surface area contributed by atoms with E-state index in [0.717, 1.165) is 30.6 Å². The second-order valence-corrected chi connectivity index (χ2v) is 12.6. The number of allylic oxidation sites excluding steroid dienone is 3. The molecule has 2 heteroatoms. The first kappa shape index (κ1) is 19.8. The van der Waals surface area contributed by atoms with Gasteiger partial charge in [0.05, 0.1) is 11.8 Å². The second kappa shape index (κ2) is 6.47. The van der Waals surface area contributed by atoms with Crippen LogP contribution in [0.5, 0.6) is 0 Å². The van der Waals surface area contributed by atoms with Crippen molar-refractivity contribution >= 4 is 11.9 Å². The van der Waals surface area contributed by atoms with Crippen LogP contribution in [0, 0.1) is 34.0 Å². The summed E-state index contributed by atoms with van der Waals surface area (Å²) in [5.74, 6) is 3.12. The highest BCUT2D eigenvalue weighted by Gasteiger charge is 2.61. The molecule has 0 bridgehead atoms. The molecular weight excluding hydrogens is 390 g/mol. The molecule has 1 aliphatic heterocycles. The molecule has 0 saturated heterocycles. The SMILES string of the molecule is C[C@]12CC[C@H](O)CC1=CCC1C2CC[C@]2(C)C(CC34C=Nc5ccccc5C3C4)=CCC12. The molecule has 0 aromatic heterocycles. The van der Waals surface area contributed by atoms with Gasteiger partial charge in [-0.1, -0.05) is 55.3 Å². The quantitative estimate of drug-likeness (QED) is 0.500. The minimum atomic E-state index is -0.104. The van der Waals surface area contributed by atoms with E-state index >= 15 is 0 Å². The molecule has 2 nitrogen and oxygen atoms in total. The summed E-state index contributed by atoms with van der Waals surface area (Å²) >= 11 is 0. The van der Waals surface area contributed by atoms with Crippen molar-refractivity contribution in [2.75, 3.05) is 0 Å². The van der Waals surface area contributed by atoms with Crippen molar-refractivity contribution in [3.8, 4) is 0 Å². The van der Waals surface area contributed by atoms with Crippen LogP contribution in [0.2, 0.25) is 0 Å². The summed E-state index contributed by atoms with van der Waals surface area (Å²) in [5, 5.41) is 10.3. The number of hydrogen-bond acceptors (Lipinski definition) is 2. The summed E-state index contributed by atoms with van der Waals surface area (Å²) in [7, 11) is 0. The van der Waals surface area contributed by atoms with E-state index in [-0.39, 0.29) is 6.10 Å². The highest BCUT2D eigenvalue weighted by molar-refractivity contribution is 5.81. The molecule has 8 atom stereocenters. The molecule has 3 saturated carbocycles. The number of aliphatic hydroxyl groups is 1. The van der Waals surface area contributed by atoms with Crippen LogP contribution in [0.25, 0.3) is 0 Å². The van der Waals surface area contributed by atoms with Crippen molar-refractivity contribution < 1.29 is 5.11 Å². The van der Waals surface area contributed by atoms with Gasteiger partial charge in [-0.25, -0.2) is 0 Å². The van der Waals surface area contributed by atoms with Crippen molar-refractivity contribution in [2.45, 2.75) is 83.7 Å². The number of fused-ring (bicyclic) bond motifs is 8. The van der Waals surface area contributed by atoms with E-state index < -0.39 is 0 Å². The lowest BCUT2D eigenvalue weighted by atomic mass is 9.47. The van der Waals surface area contributed by atoms with Gasteiger partial charge in [-0.3, -0.25) is 4.99 Å². The van der Waals surface area contributed by atoms with Gasteiger partial charge >= 0.3 is 0 Å². The van der Waals surface area contributed by atoms with Gasteiger partial charge < -0.3 is 5.11 Å². The topological polar surface area (TPSA) is 32.6 Å². The Hall–Kier alpha value is -1.67. The molecule has 3 fully saturated rings. The molecular formula is C30H37NO. The van der Waals surface area contributed by atoms with Gasteiger partial charge in [-0.05, 0) is 104 Å². The van der Waals surface area contributed by atoms with Crippen LogP contribution >= 0.6 is 0 Å². The van der Waals surface area contributed by atoms with Gasteiger partial charge in [0.1, 0.15) is 0 Å². The van der Waals surface area contributed by atoms with Crippen molar-refractivity contribution in [1.82, 2.24) is 0 Å². The lowest BCUT2D eigenvalue weighted by Crippen LogP contribution is -2.50. The minimum Gasteiger partial charge on any atom is -0.393 e. The van der Waals surface area contributed by atoms with Crippen LogP contribution in [-0.4, -0.2) is 17.4 Å². The number of aliphatic hydroxyl groups excluding tert-OH is 1. The number of para-hydroxylation sites is 1. The monoisotopic (exact) mass is 427 g/mol. The van der Waals surface area contributed by atoms with Crippen molar-refractivity contribution in [2.24, 2.45) is 39.0 Å². The Balaban J connectivity index is 1.14. The Morgan fingerprint density at radius 3 is 2.75 bits per heavy atom. The smallest absolute Gasteiger partial charge is 0.0661 e. The number of nitrogens with zero attached hydrogens (tertiary/aromatic N) is 1. The number of rotatable bonds is 2. The molecule has 0 spiro atoms. The lowest BCUT2D eigenvalue weighted by molar-refractivity contribution is -0.0304. The van der Waals surface area contributed by atoms with E-state index in [2.05, 4.69) is 56.5 Å². The Bertz CT molecular complexity index is 1070. The Morgan fingerprint density at radius 2 is 1.84 bits per heavy atom. The maximum Gasteiger partial charge on any atom is 0.0661 e. The molecule has 5 aliphatic carbocycles. The summed E-state index contributed by atoms with van der Waals surface area (Å²) < 4.78 is 0. The summed E-state index contributed by atoms with van der Waals surface area (Å²) in [6.45, 7) is 5.15. The Kier molecular flexibility index (Phi) is 4.00. The maximum atomic E-state index is 10.3. The van der Waals surface area contributed by atoms with Crippen LogP contribution in [0.4, 0.5) is 5.69 Å². The zero-order valence-electron chi connectivity index (χ0n) is 19.7. The van der Waals surface area contributed by atoms with E-state index in [1.807, 2.05) is 0 Å². The van der Waals surface area contributed by atoms with Crippen LogP contribution in [-0.2, 0) is 0 Å². The standard InChI is InChI=1S/C30H37NO/c1-28-13-11-21(32)15-19(28)7-9-22-24-10-8-20(29(24,2)14-12-25(22)28)16-30-17-26(30)23-5-3-4-6-27(23)31-18-30/h3-8,18,21-22,24-26,32H,9-17H2,1-2H3/t21-,22?,24?,25?,26?,28-,29+,30?/m0/s1. The van der Waals surface area contributed by atoms with E-state index in [4.69, 9.17) is 4.99 Å². The average Bonchev–Trinajstić information content (AvgIpc) is 3.44. The third-order valence-electron chi connectivity index (χ3n) is 11.2. The zero-order valence-corrected chi connectivity index (χ0v) is 19.7. The molecule has 7 rings (SSSR count). The highest BCUT2D eigenvalue weighted by Crippen LogP contribution is 2.70. The maximum absolute atomic E-state index is 10.3. The minimum absolute atomic E-state index is 0.104. The molecule has 0 radical (unpaired) electrons. The van der Waals surface area contributed by atoms with Gasteiger partial charge in [-0.15, -0.1) is 0 Å². The van der Waals surface area contributed by atoms with E-state index in [0.29, 0.717) is 22.2 Å². The number of aliphatic imine (C=N–C) groups is 1. The fourth-order valence-corrected chi connectivity index (χ4v) is 9.15. The Labute approximate surface area is 192 Å². The zero-order chi connectivity index (χ0) is 21.7. The number of benzene rings is 1. The molecule has 168 valence electrons.